The number of carbonyl (C=O) groups excluding carboxylic acids is 11. The van der Waals surface area contributed by atoms with Gasteiger partial charge in [0.1, 0.15) is 5.78 Å². The van der Waals surface area contributed by atoms with Gasteiger partial charge in [0.25, 0.3) is 0 Å². The second-order valence-electron chi connectivity index (χ2n) is 18.1. The van der Waals surface area contributed by atoms with Crippen LogP contribution in [0, 0.1) is 23.7 Å². The lowest BCUT2D eigenvalue weighted by Crippen LogP contribution is -2.48. The summed E-state index contributed by atoms with van der Waals surface area (Å²) in [6.07, 6.45) is -0.945. The highest BCUT2D eigenvalue weighted by atomic mass is 16.2. The summed E-state index contributed by atoms with van der Waals surface area (Å²) >= 11 is 0. The summed E-state index contributed by atoms with van der Waals surface area (Å²) in [4.78, 5) is 156. The Labute approximate surface area is 426 Å². The van der Waals surface area contributed by atoms with E-state index in [9.17, 15) is 52.7 Å². The Morgan fingerprint density at radius 3 is 1.27 bits per heavy atom. The van der Waals surface area contributed by atoms with Crippen LogP contribution in [0.1, 0.15) is 131 Å². The van der Waals surface area contributed by atoms with E-state index < -0.39 is 114 Å². The number of guanidine groups is 3. The molecule has 0 unspecified atom stereocenters. The third-order valence-electron chi connectivity index (χ3n) is 11.6. The van der Waals surface area contributed by atoms with Crippen molar-refractivity contribution in [1.82, 2.24) is 26.6 Å². The molecule has 0 aliphatic rings. The number of carbonyl (C=O) groups is 11. The molecular weight excluding hydrogens is 953 g/mol. The number of rotatable bonds is 40. The van der Waals surface area contributed by atoms with Crippen molar-refractivity contribution >= 4 is 82.4 Å². The van der Waals surface area contributed by atoms with Crippen molar-refractivity contribution in [3.8, 4) is 0 Å². The van der Waals surface area contributed by atoms with Gasteiger partial charge in [-0.2, -0.15) is 0 Å². The van der Waals surface area contributed by atoms with Gasteiger partial charge in [0.2, 0.25) is 29.5 Å². The summed E-state index contributed by atoms with van der Waals surface area (Å²) < 4.78 is 0. The largest absolute Gasteiger partial charge is 0.370 e. The zero-order chi connectivity index (χ0) is 55.8. The smallest absolute Gasteiger partial charge is 0.312 e. The second kappa shape index (κ2) is 35.8. The molecule has 7 amide bonds. The minimum Gasteiger partial charge on any atom is -0.370 e. The number of urea groups is 1. The lowest BCUT2D eigenvalue weighted by Gasteiger charge is -2.26. The predicted octanol–water partition coefficient (Wildman–Crippen LogP) is -2.84. The number of amides is 7. The molecule has 27 nitrogen and oxygen atoms in total. The zero-order valence-corrected chi connectivity index (χ0v) is 43.0. The van der Waals surface area contributed by atoms with Gasteiger partial charge in [0.15, 0.2) is 41.0 Å². The zero-order valence-electron chi connectivity index (χ0n) is 43.0. The molecule has 0 aromatic heterocycles. The number of nitrogens with one attached hydrogen (secondary N) is 5. The summed E-state index contributed by atoms with van der Waals surface area (Å²) in [6.45, 7) is 7.67. The maximum atomic E-state index is 14.3. The fraction of sp³-hybridized carbons (Fsp3) is 0.696. The minimum absolute atomic E-state index is 0.000539. The summed E-state index contributed by atoms with van der Waals surface area (Å²) in [5.74, 6) is -10.5. The van der Waals surface area contributed by atoms with E-state index in [1.807, 2.05) is 0 Å². The van der Waals surface area contributed by atoms with E-state index >= 15 is 0 Å². The Morgan fingerprint density at radius 1 is 0.452 bits per heavy atom. The average Bonchev–Trinajstić information content (AvgIpc) is 3.30. The van der Waals surface area contributed by atoms with E-state index in [0.717, 1.165) is 0 Å². The molecule has 0 bridgehead atoms. The number of ketones is 5. The summed E-state index contributed by atoms with van der Waals surface area (Å²) in [6, 6.07) is -5.35. The predicted molar refractivity (Wildman–Crippen MR) is 273 cm³/mol. The van der Waals surface area contributed by atoms with Gasteiger partial charge in [-0.25, -0.2) is 4.79 Å². The minimum atomic E-state index is -1.34. The van der Waals surface area contributed by atoms with E-state index in [1.165, 1.54) is 27.7 Å². The molecule has 0 aliphatic heterocycles. The first kappa shape index (κ1) is 65.8. The average molecular weight is 1040 g/mol. The van der Waals surface area contributed by atoms with Gasteiger partial charge in [0.05, 0.1) is 24.2 Å². The number of hydrogen-bond donors (Lipinski definition) is 13. The molecule has 73 heavy (non-hydrogen) atoms. The molecule has 0 aromatic rings. The number of nitrogens with two attached hydrogens (primary N) is 8. The van der Waals surface area contributed by atoms with Crippen molar-refractivity contribution in [2.45, 2.75) is 155 Å². The van der Waals surface area contributed by atoms with E-state index in [1.54, 1.807) is 6.92 Å². The van der Waals surface area contributed by atoms with E-state index in [-0.39, 0.29) is 133 Å². The molecular formula is C46H82N16O11. The SMILES string of the molecule is CCC(=O)[C@H](C)NC(=O)[C@H](C)CC(=O)[C@H](C)NC(=O)[C@H](CCCNC(N)=O)CC(=O)[C@H](CCCN=C(N)N)NC(=O)[C@H](CCCN=C(N)N)CC(=O)[C@H](CCC(N)=O)NC(=O)[C@H](CCCN=C(N)N)CC(C)=O. The van der Waals surface area contributed by atoms with E-state index in [4.69, 9.17) is 45.9 Å². The lowest BCUT2D eigenvalue weighted by molar-refractivity contribution is -0.136. The molecule has 27 heteroatoms. The first-order valence-electron chi connectivity index (χ1n) is 24.5. The summed E-state index contributed by atoms with van der Waals surface area (Å²) in [5, 5.41) is 13.0. The van der Waals surface area contributed by atoms with Gasteiger partial charge in [0, 0.05) is 88.4 Å². The van der Waals surface area contributed by atoms with Crippen LogP contribution in [0.2, 0.25) is 0 Å². The lowest BCUT2D eigenvalue weighted by atomic mass is 9.89. The Morgan fingerprint density at radius 2 is 0.849 bits per heavy atom. The molecule has 412 valence electrons. The fourth-order valence-corrected chi connectivity index (χ4v) is 7.47. The van der Waals surface area contributed by atoms with Gasteiger partial charge >= 0.3 is 6.03 Å². The number of aliphatic imine (C=N–C) groups is 3. The van der Waals surface area contributed by atoms with Crippen molar-refractivity contribution in [2.24, 2.45) is 84.5 Å². The molecule has 0 radical (unpaired) electrons. The first-order valence-corrected chi connectivity index (χ1v) is 24.5. The topological polar surface area (TPSA) is 493 Å². The maximum Gasteiger partial charge on any atom is 0.312 e. The number of Topliss-reactive ketones (excluding diaryl/α,β-unsaturated/α-hetero) is 5. The molecule has 0 aliphatic carbocycles. The quantitative estimate of drug-likeness (QED) is 0.0167. The molecule has 0 saturated carbocycles. The summed E-state index contributed by atoms with van der Waals surface area (Å²) in [5.41, 5.74) is 43.5. The molecule has 0 spiro atoms. The van der Waals surface area contributed by atoms with Crippen LogP contribution in [0.25, 0.3) is 0 Å². The molecule has 0 saturated heterocycles. The summed E-state index contributed by atoms with van der Waals surface area (Å²) in [7, 11) is 0. The fourth-order valence-electron chi connectivity index (χ4n) is 7.47. The highest BCUT2D eigenvalue weighted by molar-refractivity contribution is 5.98. The van der Waals surface area contributed by atoms with Gasteiger partial charge in [-0.3, -0.25) is 58.1 Å². The molecule has 0 rings (SSSR count). The van der Waals surface area contributed by atoms with E-state index in [2.05, 4.69) is 41.6 Å². The Kier molecular flexibility index (Phi) is 32.3. The van der Waals surface area contributed by atoms with Crippen molar-refractivity contribution < 1.29 is 52.7 Å². The van der Waals surface area contributed by atoms with Gasteiger partial charge in [-0.1, -0.05) is 13.8 Å². The maximum absolute atomic E-state index is 14.3. The highest BCUT2D eigenvalue weighted by Crippen LogP contribution is 2.21. The highest BCUT2D eigenvalue weighted by Gasteiger charge is 2.34. The van der Waals surface area contributed by atoms with Crippen molar-refractivity contribution in [1.29, 1.82) is 0 Å². The van der Waals surface area contributed by atoms with Crippen LogP contribution < -0.4 is 72.5 Å². The van der Waals surface area contributed by atoms with E-state index in [0.29, 0.717) is 6.42 Å². The first-order chi connectivity index (χ1) is 34.2. The molecule has 0 aromatic carbocycles. The number of hydrogen-bond acceptors (Lipinski definition) is 14. The van der Waals surface area contributed by atoms with Crippen molar-refractivity contribution in [3.05, 3.63) is 0 Å². The molecule has 0 fully saturated rings. The van der Waals surface area contributed by atoms with Crippen LogP contribution in [0.15, 0.2) is 15.0 Å². The van der Waals surface area contributed by atoms with Crippen LogP contribution in [0.5, 0.6) is 0 Å². The van der Waals surface area contributed by atoms with Crippen LogP contribution in [-0.2, 0) is 47.9 Å². The molecule has 0 heterocycles. The monoisotopic (exact) mass is 1030 g/mol. The van der Waals surface area contributed by atoms with Gasteiger partial charge < -0.3 is 77.2 Å². The number of primary amides is 2. The number of nitrogens with zero attached hydrogens (tertiary/aromatic N) is 3. The van der Waals surface area contributed by atoms with Crippen LogP contribution in [-0.4, -0.2) is 133 Å². The third-order valence-corrected chi connectivity index (χ3v) is 11.6. The Hall–Kier alpha value is -7.22. The Balaban J connectivity index is 6.84. The third kappa shape index (κ3) is 30.3. The van der Waals surface area contributed by atoms with Gasteiger partial charge in [-0.15, -0.1) is 0 Å². The van der Waals surface area contributed by atoms with Crippen LogP contribution in [0.3, 0.4) is 0 Å². The molecule has 8 atom stereocenters. The Bertz CT molecular complexity index is 1980. The van der Waals surface area contributed by atoms with Gasteiger partial charge in [-0.05, 0) is 78.6 Å². The standard InChI is InChI=1S/C46H82N16O11/c1-6-34(64)27(4)59-39(69)25(2)21-35(65)28(5)60-40(70)30(13-9-20-58-46(54)73)23-36(66)32(14-10-19-57-45(52)53)61-42(72)31(12-8-18-56-44(50)51)24-37(67)33(15-16-38(47)68)62-41(71)29(22-26(3)63)11-7-17-55-43(48)49/h25,27-33H,6-24H2,1-5H3,(H2,47,68)(H,59,69)(H,60,70)(H,61,72)(H,62,71)(H4,48,49,55)(H4,50,51,56)(H4,52,53,57)(H3,54,58,73)/t25-,27+,28+,29-,30-,31-,32+,33+/m1/s1. The van der Waals surface area contributed by atoms with Crippen LogP contribution >= 0.6 is 0 Å². The molecule has 21 N–H and O–H groups in total. The normalized spacial score (nSPS) is 14.1. The van der Waals surface area contributed by atoms with Crippen LogP contribution in [0.4, 0.5) is 4.79 Å². The second-order valence-corrected chi connectivity index (χ2v) is 18.1. The van der Waals surface area contributed by atoms with Crippen molar-refractivity contribution in [2.75, 3.05) is 26.2 Å². The van der Waals surface area contributed by atoms with Crippen molar-refractivity contribution in [3.63, 3.8) is 0 Å².